The molecule has 1 aromatic rings. The van der Waals surface area contributed by atoms with Crippen LogP contribution in [0.1, 0.15) is 49.3 Å². The monoisotopic (exact) mass is 241 g/mol. The highest BCUT2D eigenvalue weighted by molar-refractivity contribution is 6.01. The predicted octanol–water partition coefficient (Wildman–Crippen LogP) is 3.72. The third kappa shape index (κ3) is 2.92. The van der Waals surface area contributed by atoms with Crippen molar-refractivity contribution in [3.8, 4) is 0 Å². The number of hydrogen-bond acceptors (Lipinski definition) is 2. The van der Waals surface area contributed by atoms with Crippen LogP contribution in [0.15, 0.2) is 41.1 Å². The molecule has 0 N–H and O–H groups in total. The predicted molar refractivity (Wildman–Crippen MR) is 76.3 cm³/mol. The van der Waals surface area contributed by atoms with E-state index in [9.17, 15) is 0 Å². The summed E-state index contributed by atoms with van der Waals surface area (Å²) in [5.74, 6) is 1.21. The molecule has 0 amide bonds. The zero-order valence-corrected chi connectivity index (χ0v) is 10.7. The first-order valence-corrected chi connectivity index (χ1v) is 6.47. The highest BCUT2D eigenvalue weighted by Gasteiger charge is 2.16. The summed E-state index contributed by atoms with van der Waals surface area (Å²) in [5, 5.41) is 0. The van der Waals surface area contributed by atoms with Crippen LogP contribution in [0.4, 0.5) is 0 Å². The molecule has 0 atom stereocenters. The summed E-state index contributed by atoms with van der Waals surface area (Å²) >= 11 is 0. The van der Waals surface area contributed by atoms with E-state index in [-0.39, 0.29) is 0 Å². The molecule has 0 aliphatic heterocycles. The Bertz CT molecular complexity index is 439. The Balaban J connectivity index is 2.16. The Kier molecular flexibility index (Phi) is 4.40. The van der Waals surface area contributed by atoms with E-state index in [2.05, 4.69) is 34.3 Å². The van der Waals surface area contributed by atoms with Gasteiger partial charge in [0.15, 0.2) is 5.84 Å². The molecule has 2 rings (SSSR count). The van der Waals surface area contributed by atoms with Crippen LogP contribution < -0.4 is 0 Å². The molecule has 18 heavy (non-hydrogen) atoms. The summed E-state index contributed by atoms with van der Waals surface area (Å²) in [6, 6.07) is 4.11. The number of pyridine rings is 1. The molecule has 0 radical (unpaired) electrons. The van der Waals surface area contributed by atoms with Crippen molar-refractivity contribution in [2.75, 3.05) is 0 Å². The molecule has 1 heterocycles. The van der Waals surface area contributed by atoms with E-state index < -0.39 is 0 Å². The van der Waals surface area contributed by atoms with Gasteiger partial charge in [0.2, 0.25) is 0 Å². The van der Waals surface area contributed by atoms with Gasteiger partial charge in [-0.2, -0.15) is 0 Å². The lowest BCUT2D eigenvalue weighted by Gasteiger charge is -2.20. The number of aliphatic imine (C=N–C) groups is 2. The van der Waals surface area contributed by atoms with Gasteiger partial charge >= 0.3 is 0 Å². The van der Waals surface area contributed by atoms with Gasteiger partial charge in [-0.15, -0.1) is 0 Å². The molecule has 0 bridgehead atoms. The van der Waals surface area contributed by atoms with Crippen LogP contribution in [-0.2, 0) is 0 Å². The molecule has 3 heteroatoms. The molecule has 1 fully saturated rings. The number of hydrogen-bond donors (Lipinski definition) is 0. The van der Waals surface area contributed by atoms with Crippen LogP contribution in [0.2, 0.25) is 0 Å². The highest BCUT2D eigenvalue weighted by atomic mass is 14.9. The van der Waals surface area contributed by atoms with E-state index in [1.54, 1.807) is 0 Å². The smallest absolute Gasteiger partial charge is 0.160 e. The number of rotatable bonds is 3. The van der Waals surface area contributed by atoms with Gasteiger partial charge in [0, 0.05) is 29.6 Å². The van der Waals surface area contributed by atoms with Gasteiger partial charge in [-0.3, -0.25) is 4.98 Å². The molecule has 0 saturated heterocycles. The zero-order chi connectivity index (χ0) is 12.8. The minimum atomic E-state index is 0.577. The maximum Gasteiger partial charge on any atom is 0.160 e. The second-order valence-electron chi connectivity index (χ2n) is 4.60. The minimum Gasteiger partial charge on any atom is -0.260 e. The second kappa shape index (κ2) is 6.24. The molecule has 0 spiro atoms. The topological polar surface area (TPSA) is 37.6 Å². The van der Waals surface area contributed by atoms with E-state index in [1.165, 1.54) is 44.0 Å². The lowest BCUT2D eigenvalue weighted by Crippen LogP contribution is -2.07. The SMILES string of the molecule is C=CN=C(N=C)c1ccc(C2CCCCC2)nc1. The van der Waals surface area contributed by atoms with Crippen molar-refractivity contribution in [2.45, 2.75) is 38.0 Å². The normalized spacial score (nSPS) is 17.4. The summed E-state index contributed by atoms with van der Waals surface area (Å²) < 4.78 is 0. The van der Waals surface area contributed by atoms with Gasteiger partial charge < -0.3 is 0 Å². The van der Waals surface area contributed by atoms with Crippen LogP contribution >= 0.6 is 0 Å². The zero-order valence-electron chi connectivity index (χ0n) is 10.7. The van der Waals surface area contributed by atoms with Crippen molar-refractivity contribution in [3.63, 3.8) is 0 Å². The fraction of sp³-hybridized carbons (Fsp3) is 0.400. The number of amidine groups is 1. The molecule has 3 nitrogen and oxygen atoms in total. The van der Waals surface area contributed by atoms with Gasteiger partial charge in [-0.05, 0) is 31.7 Å². The van der Waals surface area contributed by atoms with Crippen molar-refractivity contribution < 1.29 is 0 Å². The summed E-state index contributed by atoms with van der Waals surface area (Å²) in [6.07, 6.45) is 9.85. The van der Waals surface area contributed by atoms with Crippen LogP contribution in [0.3, 0.4) is 0 Å². The van der Waals surface area contributed by atoms with E-state index >= 15 is 0 Å². The molecular formula is C15H19N3. The maximum atomic E-state index is 4.55. The van der Waals surface area contributed by atoms with E-state index in [1.807, 2.05) is 12.3 Å². The molecular weight excluding hydrogens is 222 g/mol. The summed E-state index contributed by atoms with van der Waals surface area (Å²) in [6.45, 7) is 7.08. The molecule has 0 unspecified atom stereocenters. The average molecular weight is 241 g/mol. The van der Waals surface area contributed by atoms with Crippen molar-refractivity contribution in [1.29, 1.82) is 0 Å². The molecule has 1 aliphatic rings. The first kappa shape index (κ1) is 12.7. The molecule has 1 saturated carbocycles. The van der Waals surface area contributed by atoms with Crippen molar-refractivity contribution in [2.24, 2.45) is 9.98 Å². The van der Waals surface area contributed by atoms with Crippen LogP contribution in [0, 0.1) is 0 Å². The molecule has 94 valence electrons. The fourth-order valence-corrected chi connectivity index (χ4v) is 2.47. The number of aromatic nitrogens is 1. The lowest BCUT2D eigenvalue weighted by molar-refractivity contribution is 0.436. The van der Waals surface area contributed by atoms with Crippen LogP contribution in [0.25, 0.3) is 0 Å². The van der Waals surface area contributed by atoms with Crippen molar-refractivity contribution >= 4 is 12.6 Å². The Morgan fingerprint density at radius 3 is 2.61 bits per heavy atom. The standard InChI is InChI=1S/C15H19N3/c1-3-17-15(16-2)13-9-10-14(18-11-13)12-7-5-4-6-8-12/h3,9-12H,1-2,4-8H2. The third-order valence-electron chi connectivity index (χ3n) is 3.43. The van der Waals surface area contributed by atoms with E-state index in [4.69, 9.17) is 0 Å². The van der Waals surface area contributed by atoms with Gasteiger partial charge in [0.05, 0.1) is 0 Å². The van der Waals surface area contributed by atoms with Gasteiger partial charge in [0.25, 0.3) is 0 Å². The largest absolute Gasteiger partial charge is 0.260 e. The first-order chi connectivity index (χ1) is 8.85. The van der Waals surface area contributed by atoms with Gasteiger partial charge in [-0.25, -0.2) is 9.98 Å². The average Bonchev–Trinajstić information content (AvgIpc) is 2.46. The number of nitrogens with zero attached hydrogens (tertiary/aromatic N) is 3. The van der Waals surface area contributed by atoms with Gasteiger partial charge in [-0.1, -0.05) is 25.8 Å². The summed E-state index contributed by atoms with van der Waals surface area (Å²) in [4.78, 5) is 12.5. The Morgan fingerprint density at radius 2 is 2.06 bits per heavy atom. The minimum absolute atomic E-state index is 0.577. The van der Waals surface area contributed by atoms with Crippen LogP contribution in [0.5, 0.6) is 0 Å². The molecule has 0 aromatic carbocycles. The van der Waals surface area contributed by atoms with Crippen molar-refractivity contribution in [1.82, 2.24) is 4.98 Å². The molecule has 1 aliphatic carbocycles. The van der Waals surface area contributed by atoms with Crippen molar-refractivity contribution in [3.05, 3.63) is 42.4 Å². The van der Waals surface area contributed by atoms with E-state index in [0.29, 0.717) is 11.8 Å². The highest BCUT2D eigenvalue weighted by Crippen LogP contribution is 2.31. The maximum absolute atomic E-state index is 4.55. The third-order valence-corrected chi connectivity index (χ3v) is 3.43. The fourth-order valence-electron chi connectivity index (χ4n) is 2.47. The Morgan fingerprint density at radius 1 is 1.28 bits per heavy atom. The summed E-state index contributed by atoms with van der Waals surface area (Å²) in [7, 11) is 0. The second-order valence-corrected chi connectivity index (χ2v) is 4.60. The first-order valence-electron chi connectivity index (χ1n) is 6.47. The Labute approximate surface area is 108 Å². The Hall–Kier alpha value is -1.77. The molecule has 1 aromatic heterocycles. The quantitative estimate of drug-likeness (QED) is 0.587. The summed E-state index contributed by atoms with van der Waals surface area (Å²) in [5.41, 5.74) is 2.09. The van der Waals surface area contributed by atoms with E-state index in [0.717, 1.165) is 5.56 Å². The van der Waals surface area contributed by atoms with Crippen LogP contribution in [-0.4, -0.2) is 17.5 Å². The van der Waals surface area contributed by atoms with Gasteiger partial charge in [0.1, 0.15) is 0 Å². The lowest BCUT2D eigenvalue weighted by atomic mass is 9.86.